The predicted molar refractivity (Wildman–Crippen MR) is 67.8 cm³/mol. The fourth-order valence-electron chi connectivity index (χ4n) is 1.36. The van der Waals surface area contributed by atoms with Gasteiger partial charge in [-0.2, -0.15) is 0 Å². The van der Waals surface area contributed by atoms with Crippen molar-refractivity contribution in [1.82, 2.24) is 4.98 Å². The summed E-state index contributed by atoms with van der Waals surface area (Å²) in [5.74, 6) is -0.270. The molecule has 0 spiro atoms. The Bertz CT molecular complexity index is 572. The Kier molecular flexibility index (Phi) is 3.84. The van der Waals surface area contributed by atoms with E-state index in [2.05, 4.69) is 9.72 Å². The molecule has 92 valence electrons. The molecule has 0 unspecified atom stereocenters. The second-order valence-electron chi connectivity index (χ2n) is 3.44. The lowest BCUT2D eigenvalue weighted by molar-refractivity contribution is 0.0593. The molecule has 0 radical (unpaired) electrons. The van der Waals surface area contributed by atoms with Gasteiger partial charge in [0, 0.05) is 11.1 Å². The van der Waals surface area contributed by atoms with E-state index in [9.17, 15) is 9.90 Å². The first kappa shape index (κ1) is 12.4. The number of hydrogen-bond donors (Lipinski definition) is 1. The van der Waals surface area contributed by atoms with Crippen molar-refractivity contribution in [2.45, 2.75) is 9.79 Å². The molecule has 0 saturated carbocycles. The average Bonchev–Trinajstić information content (AvgIpc) is 2.41. The van der Waals surface area contributed by atoms with Gasteiger partial charge >= 0.3 is 5.97 Å². The summed E-state index contributed by atoms with van der Waals surface area (Å²) >= 11 is 1.36. The van der Waals surface area contributed by atoms with Crippen molar-refractivity contribution in [3.8, 4) is 5.75 Å². The summed E-state index contributed by atoms with van der Waals surface area (Å²) in [6.45, 7) is 0. The van der Waals surface area contributed by atoms with Crippen LogP contribution >= 0.6 is 11.8 Å². The molecule has 2 aromatic rings. The standard InChI is InChI=1S/C13H11NO3S/c1-17-13(16)10-8-9(6-7-14-10)18-12-5-3-2-4-11(12)15/h2-8,15H,1H3. The molecule has 0 amide bonds. The Morgan fingerprint density at radius 3 is 2.83 bits per heavy atom. The molecule has 0 bridgehead atoms. The quantitative estimate of drug-likeness (QED) is 0.861. The number of carbonyl (C=O) groups is 1. The van der Waals surface area contributed by atoms with E-state index in [4.69, 9.17) is 0 Å². The van der Waals surface area contributed by atoms with Crippen LogP contribution in [0.5, 0.6) is 5.75 Å². The minimum absolute atomic E-state index is 0.207. The van der Waals surface area contributed by atoms with Gasteiger partial charge in [0.1, 0.15) is 11.4 Å². The van der Waals surface area contributed by atoms with E-state index in [1.54, 1.807) is 30.3 Å². The van der Waals surface area contributed by atoms with Crippen molar-refractivity contribution in [3.63, 3.8) is 0 Å². The number of aromatic nitrogens is 1. The Hall–Kier alpha value is -2.01. The van der Waals surface area contributed by atoms with Crippen LogP contribution in [-0.2, 0) is 4.74 Å². The number of phenolic OH excluding ortho intramolecular Hbond substituents is 1. The molecule has 1 aromatic heterocycles. The monoisotopic (exact) mass is 261 g/mol. The molecule has 0 aliphatic rings. The minimum atomic E-state index is -0.477. The van der Waals surface area contributed by atoms with Gasteiger partial charge in [-0.1, -0.05) is 23.9 Å². The van der Waals surface area contributed by atoms with Crippen LogP contribution in [0.25, 0.3) is 0 Å². The number of rotatable bonds is 3. The molecule has 5 heteroatoms. The second-order valence-corrected chi connectivity index (χ2v) is 4.55. The van der Waals surface area contributed by atoms with E-state index < -0.39 is 5.97 Å². The van der Waals surface area contributed by atoms with Gasteiger partial charge in [0.25, 0.3) is 0 Å². The summed E-state index contributed by atoms with van der Waals surface area (Å²) in [6, 6.07) is 10.4. The van der Waals surface area contributed by atoms with Crippen LogP contribution in [0, 0.1) is 0 Å². The normalized spacial score (nSPS) is 10.1. The van der Waals surface area contributed by atoms with Crippen molar-refractivity contribution in [1.29, 1.82) is 0 Å². The van der Waals surface area contributed by atoms with Gasteiger partial charge in [0.2, 0.25) is 0 Å². The van der Waals surface area contributed by atoms with Crippen molar-refractivity contribution in [3.05, 3.63) is 48.3 Å². The molecule has 0 atom stereocenters. The molecular weight excluding hydrogens is 250 g/mol. The topological polar surface area (TPSA) is 59.4 Å². The van der Waals surface area contributed by atoms with E-state index in [1.165, 1.54) is 25.1 Å². The first-order valence-corrected chi connectivity index (χ1v) is 6.02. The van der Waals surface area contributed by atoms with Gasteiger partial charge < -0.3 is 9.84 Å². The van der Waals surface area contributed by atoms with Crippen molar-refractivity contribution in [2.24, 2.45) is 0 Å². The maximum absolute atomic E-state index is 11.3. The summed E-state index contributed by atoms with van der Waals surface area (Å²) in [5.41, 5.74) is 0.248. The average molecular weight is 261 g/mol. The fourth-order valence-corrected chi connectivity index (χ4v) is 2.23. The summed E-state index contributed by atoms with van der Waals surface area (Å²) in [5, 5.41) is 9.67. The highest BCUT2D eigenvalue weighted by molar-refractivity contribution is 7.99. The van der Waals surface area contributed by atoms with E-state index in [-0.39, 0.29) is 11.4 Å². The molecule has 0 aliphatic carbocycles. The number of ether oxygens (including phenoxy) is 1. The second kappa shape index (κ2) is 5.55. The maximum Gasteiger partial charge on any atom is 0.356 e. The van der Waals surface area contributed by atoms with Crippen LogP contribution in [-0.4, -0.2) is 23.2 Å². The summed E-state index contributed by atoms with van der Waals surface area (Å²) in [6.07, 6.45) is 1.54. The molecule has 0 saturated heterocycles. The van der Waals surface area contributed by atoms with Gasteiger partial charge in [-0.25, -0.2) is 9.78 Å². The lowest BCUT2D eigenvalue weighted by Gasteiger charge is -2.05. The molecule has 18 heavy (non-hydrogen) atoms. The van der Waals surface area contributed by atoms with Crippen LogP contribution in [0.4, 0.5) is 0 Å². The van der Waals surface area contributed by atoms with Crippen LogP contribution in [0.15, 0.2) is 52.4 Å². The number of aromatic hydroxyl groups is 1. The Labute approximate surface area is 109 Å². The molecule has 1 aromatic carbocycles. The SMILES string of the molecule is COC(=O)c1cc(Sc2ccccc2O)ccn1. The predicted octanol–water partition coefficient (Wildman–Crippen LogP) is 2.73. The first-order valence-electron chi connectivity index (χ1n) is 5.21. The molecule has 0 fully saturated rings. The highest BCUT2D eigenvalue weighted by Crippen LogP contribution is 2.33. The molecule has 0 aliphatic heterocycles. The Morgan fingerprint density at radius 1 is 1.33 bits per heavy atom. The number of para-hydroxylation sites is 1. The lowest BCUT2D eigenvalue weighted by atomic mass is 10.3. The zero-order valence-corrected chi connectivity index (χ0v) is 10.5. The van der Waals surface area contributed by atoms with Crippen LogP contribution in [0.1, 0.15) is 10.5 Å². The third kappa shape index (κ3) is 2.81. The van der Waals surface area contributed by atoms with E-state index in [0.29, 0.717) is 0 Å². The molecule has 1 N–H and O–H groups in total. The number of esters is 1. The van der Waals surface area contributed by atoms with Crippen LogP contribution in [0.3, 0.4) is 0 Å². The van der Waals surface area contributed by atoms with Crippen molar-refractivity contribution < 1.29 is 14.6 Å². The van der Waals surface area contributed by atoms with Gasteiger partial charge in [0.05, 0.1) is 12.0 Å². The summed E-state index contributed by atoms with van der Waals surface area (Å²) < 4.78 is 4.61. The Morgan fingerprint density at radius 2 is 2.11 bits per heavy atom. The molecule has 1 heterocycles. The minimum Gasteiger partial charge on any atom is -0.507 e. The van der Waals surface area contributed by atoms with Gasteiger partial charge in [-0.15, -0.1) is 0 Å². The van der Waals surface area contributed by atoms with Crippen LogP contribution in [0.2, 0.25) is 0 Å². The fraction of sp³-hybridized carbons (Fsp3) is 0.0769. The first-order chi connectivity index (χ1) is 8.70. The number of hydrogen-bond acceptors (Lipinski definition) is 5. The molecular formula is C13H11NO3S. The third-order valence-electron chi connectivity index (χ3n) is 2.22. The maximum atomic E-state index is 11.3. The van der Waals surface area contributed by atoms with Crippen molar-refractivity contribution >= 4 is 17.7 Å². The highest BCUT2D eigenvalue weighted by atomic mass is 32.2. The van der Waals surface area contributed by atoms with E-state index >= 15 is 0 Å². The number of phenols is 1. The number of nitrogens with zero attached hydrogens (tertiary/aromatic N) is 1. The van der Waals surface area contributed by atoms with Gasteiger partial charge in [-0.3, -0.25) is 0 Å². The number of carbonyl (C=O) groups excluding carboxylic acids is 1. The number of methoxy groups -OCH3 is 1. The third-order valence-corrected chi connectivity index (χ3v) is 3.27. The summed E-state index contributed by atoms with van der Waals surface area (Å²) in [4.78, 5) is 16.8. The zero-order chi connectivity index (χ0) is 13.0. The van der Waals surface area contributed by atoms with E-state index in [0.717, 1.165) is 9.79 Å². The van der Waals surface area contributed by atoms with E-state index in [1.807, 2.05) is 6.07 Å². The highest BCUT2D eigenvalue weighted by Gasteiger charge is 2.09. The molecule has 2 rings (SSSR count). The smallest absolute Gasteiger partial charge is 0.356 e. The lowest BCUT2D eigenvalue weighted by Crippen LogP contribution is -2.03. The van der Waals surface area contributed by atoms with Gasteiger partial charge in [-0.05, 0) is 24.3 Å². The molecule has 4 nitrogen and oxygen atoms in total. The van der Waals surface area contributed by atoms with Crippen LogP contribution < -0.4 is 0 Å². The number of pyridine rings is 1. The summed E-state index contributed by atoms with van der Waals surface area (Å²) in [7, 11) is 1.31. The van der Waals surface area contributed by atoms with Crippen molar-refractivity contribution in [2.75, 3.05) is 7.11 Å². The Balaban J connectivity index is 2.25. The van der Waals surface area contributed by atoms with Gasteiger partial charge in [0.15, 0.2) is 0 Å². The largest absolute Gasteiger partial charge is 0.507 e. The zero-order valence-electron chi connectivity index (χ0n) is 9.66. The number of benzene rings is 1.